The normalized spacial score (nSPS) is 10.5. The molecule has 0 unspecified atom stereocenters. The smallest absolute Gasteiger partial charge is 0.178 e. The summed E-state index contributed by atoms with van der Waals surface area (Å²) in [6.45, 7) is 1.98. The van der Waals surface area contributed by atoms with Gasteiger partial charge >= 0.3 is 0 Å². The van der Waals surface area contributed by atoms with Crippen LogP contribution in [0, 0.1) is 6.92 Å². The third-order valence-corrected chi connectivity index (χ3v) is 4.76. The van der Waals surface area contributed by atoms with E-state index in [2.05, 4.69) is 15.9 Å². The molecule has 1 nitrogen and oxygen atoms in total. The number of rotatable bonds is 3. The summed E-state index contributed by atoms with van der Waals surface area (Å²) in [5, 5.41) is 1.97. The molecular formula is C11H9BrOS2. The monoisotopic (exact) mass is 300 g/mol. The zero-order chi connectivity index (χ0) is 10.8. The van der Waals surface area contributed by atoms with Gasteiger partial charge in [0.1, 0.15) is 0 Å². The lowest BCUT2D eigenvalue weighted by atomic mass is 10.1. The maximum absolute atomic E-state index is 11.9. The number of hydrogen-bond donors (Lipinski definition) is 0. The van der Waals surface area contributed by atoms with Crippen LogP contribution in [0.15, 0.2) is 27.4 Å². The summed E-state index contributed by atoms with van der Waals surface area (Å²) in [6.07, 6.45) is 0.512. The highest BCUT2D eigenvalue weighted by molar-refractivity contribution is 9.11. The number of halogens is 1. The molecule has 78 valence electrons. The number of hydrogen-bond acceptors (Lipinski definition) is 3. The summed E-state index contributed by atoms with van der Waals surface area (Å²) in [5.74, 6) is 0.219. The molecule has 0 aliphatic rings. The van der Waals surface area contributed by atoms with E-state index in [1.807, 2.05) is 30.5 Å². The van der Waals surface area contributed by atoms with Crippen molar-refractivity contribution in [2.45, 2.75) is 13.3 Å². The minimum Gasteiger partial charge on any atom is -0.293 e. The van der Waals surface area contributed by atoms with Crippen molar-refractivity contribution in [3.8, 4) is 0 Å². The molecule has 0 spiro atoms. The SMILES string of the molecule is Cc1ccsc1C(=O)Cc1ccc(Br)s1. The summed E-state index contributed by atoms with van der Waals surface area (Å²) < 4.78 is 1.08. The Morgan fingerprint density at radius 1 is 1.40 bits per heavy atom. The molecule has 0 radical (unpaired) electrons. The molecule has 2 aromatic heterocycles. The summed E-state index contributed by atoms with van der Waals surface area (Å²) in [6, 6.07) is 5.96. The molecule has 2 heterocycles. The fourth-order valence-corrected chi connectivity index (χ4v) is 3.69. The second-order valence-electron chi connectivity index (χ2n) is 3.24. The van der Waals surface area contributed by atoms with Crippen LogP contribution in [0.5, 0.6) is 0 Å². The molecule has 0 saturated carbocycles. The third-order valence-electron chi connectivity index (χ3n) is 2.08. The Morgan fingerprint density at radius 2 is 2.20 bits per heavy atom. The molecule has 0 aliphatic carbocycles. The number of thiophene rings is 2. The molecular weight excluding hydrogens is 292 g/mol. The van der Waals surface area contributed by atoms with Crippen LogP contribution in [0.3, 0.4) is 0 Å². The van der Waals surface area contributed by atoms with E-state index >= 15 is 0 Å². The van der Waals surface area contributed by atoms with Gasteiger partial charge in [0.15, 0.2) is 5.78 Å². The molecule has 2 rings (SSSR count). The standard InChI is InChI=1S/C11H9BrOS2/c1-7-4-5-14-11(7)9(13)6-8-2-3-10(12)15-8/h2-5H,6H2,1H3. The first-order valence-electron chi connectivity index (χ1n) is 4.48. The maximum atomic E-state index is 11.9. The highest BCUT2D eigenvalue weighted by Gasteiger charge is 2.12. The number of carbonyl (C=O) groups is 1. The lowest BCUT2D eigenvalue weighted by Gasteiger charge is -1.96. The molecule has 15 heavy (non-hydrogen) atoms. The average Bonchev–Trinajstić information content (AvgIpc) is 2.75. The molecule has 0 aromatic carbocycles. The van der Waals surface area contributed by atoms with Crippen LogP contribution < -0.4 is 0 Å². The van der Waals surface area contributed by atoms with Crippen LogP contribution >= 0.6 is 38.6 Å². The van der Waals surface area contributed by atoms with Gasteiger partial charge in [-0.3, -0.25) is 4.79 Å². The Kier molecular flexibility index (Phi) is 3.38. The van der Waals surface area contributed by atoms with Gasteiger partial charge in [-0.25, -0.2) is 0 Å². The average molecular weight is 301 g/mol. The lowest BCUT2D eigenvalue weighted by molar-refractivity contribution is 0.0997. The molecule has 0 fully saturated rings. The first kappa shape index (κ1) is 11.0. The number of Topliss-reactive ketones (excluding diaryl/α,β-unsaturated/α-hetero) is 1. The van der Waals surface area contributed by atoms with Gasteiger partial charge < -0.3 is 0 Å². The molecule has 2 aromatic rings. The first-order chi connectivity index (χ1) is 7.16. The van der Waals surface area contributed by atoms with E-state index in [1.165, 1.54) is 11.3 Å². The predicted octanol–water partition coefficient (Wildman–Crippen LogP) is 4.31. The van der Waals surface area contributed by atoms with Gasteiger partial charge in [-0.1, -0.05) is 0 Å². The van der Waals surface area contributed by atoms with E-state index in [1.54, 1.807) is 11.3 Å². The van der Waals surface area contributed by atoms with Gasteiger partial charge in [0, 0.05) is 11.3 Å². The second kappa shape index (κ2) is 4.60. The van der Waals surface area contributed by atoms with Crippen molar-refractivity contribution in [2.75, 3.05) is 0 Å². The van der Waals surface area contributed by atoms with Gasteiger partial charge in [-0.05, 0) is 52.0 Å². The third kappa shape index (κ3) is 2.56. The Balaban J connectivity index is 2.14. The number of aryl methyl sites for hydroxylation is 1. The van der Waals surface area contributed by atoms with Crippen molar-refractivity contribution < 1.29 is 4.79 Å². The van der Waals surface area contributed by atoms with E-state index in [0.717, 1.165) is 19.1 Å². The summed E-state index contributed by atoms with van der Waals surface area (Å²) in [5.41, 5.74) is 1.08. The quantitative estimate of drug-likeness (QED) is 0.772. The first-order valence-corrected chi connectivity index (χ1v) is 6.97. The van der Waals surface area contributed by atoms with Gasteiger partial charge in [0.2, 0.25) is 0 Å². The van der Waals surface area contributed by atoms with Crippen molar-refractivity contribution in [1.29, 1.82) is 0 Å². The molecule has 0 N–H and O–H groups in total. The zero-order valence-electron chi connectivity index (χ0n) is 8.12. The van der Waals surface area contributed by atoms with E-state index in [0.29, 0.717) is 6.42 Å². The fourth-order valence-electron chi connectivity index (χ4n) is 1.34. The van der Waals surface area contributed by atoms with E-state index < -0.39 is 0 Å². The minimum atomic E-state index is 0.219. The Morgan fingerprint density at radius 3 is 2.73 bits per heavy atom. The largest absolute Gasteiger partial charge is 0.293 e. The maximum Gasteiger partial charge on any atom is 0.178 e. The Labute approximate surface area is 105 Å². The second-order valence-corrected chi connectivity index (χ2v) is 6.70. The topological polar surface area (TPSA) is 17.1 Å². The van der Waals surface area contributed by atoms with Crippen LogP contribution in [0.1, 0.15) is 20.1 Å². The fraction of sp³-hybridized carbons (Fsp3) is 0.182. The Hall–Kier alpha value is -0.450. The zero-order valence-corrected chi connectivity index (χ0v) is 11.3. The summed E-state index contributed by atoms with van der Waals surface area (Å²) >= 11 is 6.54. The van der Waals surface area contributed by atoms with Crippen LogP contribution in [0.25, 0.3) is 0 Å². The molecule has 0 atom stereocenters. The Bertz CT molecular complexity index is 484. The number of ketones is 1. The van der Waals surface area contributed by atoms with Crippen LogP contribution in [-0.2, 0) is 6.42 Å². The van der Waals surface area contributed by atoms with Gasteiger partial charge in [-0.15, -0.1) is 22.7 Å². The molecule has 0 saturated heterocycles. The predicted molar refractivity (Wildman–Crippen MR) is 69.1 cm³/mol. The summed E-state index contributed by atoms with van der Waals surface area (Å²) in [7, 11) is 0. The number of carbonyl (C=O) groups excluding carboxylic acids is 1. The highest BCUT2D eigenvalue weighted by atomic mass is 79.9. The van der Waals surface area contributed by atoms with Gasteiger partial charge in [0.05, 0.1) is 8.66 Å². The van der Waals surface area contributed by atoms with E-state index in [4.69, 9.17) is 0 Å². The van der Waals surface area contributed by atoms with E-state index in [-0.39, 0.29) is 5.78 Å². The minimum absolute atomic E-state index is 0.219. The molecule has 0 bridgehead atoms. The molecule has 0 amide bonds. The molecule has 0 aliphatic heterocycles. The van der Waals surface area contributed by atoms with Gasteiger partial charge in [-0.2, -0.15) is 0 Å². The van der Waals surface area contributed by atoms with E-state index in [9.17, 15) is 4.79 Å². The van der Waals surface area contributed by atoms with Crippen molar-refractivity contribution in [3.05, 3.63) is 42.7 Å². The van der Waals surface area contributed by atoms with Crippen molar-refractivity contribution in [2.24, 2.45) is 0 Å². The summed E-state index contributed by atoms with van der Waals surface area (Å²) in [4.78, 5) is 13.9. The van der Waals surface area contributed by atoms with Crippen LogP contribution in [0.4, 0.5) is 0 Å². The molecule has 4 heteroatoms. The van der Waals surface area contributed by atoms with Crippen LogP contribution in [-0.4, -0.2) is 5.78 Å². The lowest BCUT2D eigenvalue weighted by Crippen LogP contribution is -2.00. The highest BCUT2D eigenvalue weighted by Crippen LogP contribution is 2.25. The van der Waals surface area contributed by atoms with Crippen molar-refractivity contribution in [3.63, 3.8) is 0 Å². The van der Waals surface area contributed by atoms with Crippen molar-refractivity contribution in [1.82, 2.24) is 0 Å². The van der Waals surface area contributed by atoms with Gasteiger partial charge in [0.25, 0.3) is 0 Å². The van der Waals surface area contributed by atoms with Crippen molar-refractivity contribution >= 4 is 44.4 Å². The van der Waals surface area contributed by atoms with Crippen LogP contribution in [0.2, 0.25) is 0 Å².